The molecule has 0 saturated carbocycles. The Morgan fingerprint density at radius 1 is 0.415 bits per heavy atom. The molecule has 0 atom stereocenters. The minimum absolute atomic E-state index is 0.829. The molecule has 0 radical (unpaired) electrons. The molecule has 244 valence electrons. The van der Waals surface area contributed by atoms with Gasteiger partial charge in [0.1, 0.15) is 0 Å². The number of rotatable bonds is 34. The molecule has 0 aliphatic carbocycles. The van der Waals surface area contributed by atoms with Crippen molar-refractivity contribution in [1.82, 2.24) is 0 Å². The van der Waals surface area contributed by atoms with E-state index in [0.29, 0.717) is 0 Å². The van der Waals surface area contributed by atoms with Crippen LogP contribution in [0.3, 0.4) is 0 Å². The van der Waals surface area contributed by atoms with Crippen LogP contribution in [0, 0.1) is 0 Å². The Labute approximate surface area is 266 Å². The molecule has 0 bridgehead atoms. The van der Waals surface area contributed by atoms with E-state index < -0.39 is 5.77 Å². The Hall–Kier alpha value is 0.370. The third kappa shape index (κ3) is 36.5. The lowest BCUT2D eigenvalue weighted by molar-refractivity contribution is 0.514. The van der Waals surface area contributed by atoms with Gasteiger partial charge < -0.3 is 4.89 Å². The summed E-state index contributed by atoms with van der Waals surface area (Å²) in [6.07, 6.45) is 46.1. The Bertz CT molecular complexity index is 560. The first kappa shape index (κ1) is 41.4. The van der Waals surface area contributed by atoms with Gasteiger partial charge in [-0.15, -0.1) is 0 Å². The Morgan fingerprint density at radius 3 is 0.951 bits per heavy atom. The smallest absolute Gasteiger partial charge is 0.310 e. The summed E-state index contributed by atoms with van der Waals surface area (Å²) in [5, 5.41) is 0. The molecular formula is C36H71O2PS2. The number of unbranched alkanes of at least 4 members (excludes halogenated alkanes) is 24. The lowest BCUT2D eigenvalue weighted by atomic mass is 10.1. The molecule has 0 rings (SSSR count). The van der Waals surface area contributed by atoms with E-state index in [0.717, 1.165) is 24.3 Å². The highest BCUT2D eigenvalue weighted by Crippen LogP contribution is 2.65. The Morgan fingerprint density at radius 2 is 0.659 bits per heavy atom. The van der Waals surface area contributed by atoms with Gasteiger partial charge >= 0.3 is 5.77 Å². The maximum atomic E-state index is 12.4. The van der Waals surface area contributed by atoms with Gasteiger partial charge in [-0.25, -0.2) is 0 Å². The second kappa shape index (κ2) is 34.9. The lowest BCUT2D eigenvalue weighted by Crippen LogP contribution is -1.85. The molecular weight excluding hydrogens is 560 g/mol. The van der Waals surface area contributed by atoms with Crippen molar-refractivity contribution in [3.63, 3.8) is 0 Å². The minimum Gasteiger partial charge on any atom is -0.329 e. The molecule has 0 aromatic carbocycles. The average Bonchev–Trinajstić information content (AvgIpc) is 2.96. The minimum atomic E-state index is -3.05. The van der Waals surface area contributed by atoms with E-state index in [-0.39, 0.29) is 0 Å². The first-order valence-corrected chi connectivity index (χ1v) is 22.9. The normalized spacial score (nSPS) is 13.5. The predicted molar refractivity (Wildman–Crippen MR) is 194 cm³/mol. The van der Waals surface area contributed by atoms with Crippen molar-refractivity contribution >= 4 is 28.5 Å². The summed E-state index contributed by atoms with van der Waals surface area (Å²) in [5.41, 5.74) is 0. The zero-order valence-corrected chi connectivity index (χ0v) is 30.2. The van der Waals surface area contributed by atoms with Gasteiger partial charge in [0, 0.05) is 11.5 Å². The second-order valence-electron chi connectivity index (χ2n) is 12.0. The van der Waals surface area contributed by atoms with Crippen LogP contribution in [-0.2, 0) is 4.57 Å². The number of hydrogen-bond donors (Lipinski definition) is 1. The molecule has 0 aliphatic heterocycles. The topological polar surface area (TPSA) is 37.3 Å². The van der Waals surface area contributed by atoms with Crippen molar-refractivity contribution in [3.05, 3.63) is 24.3 Å². The van der Waals surface area contributed by atoms with Gasteiger partial charge in [0.25, 0.3) is 0 Å². The highest BCUT2D eigenvalue weighted by molar-refractivity contribution is 8.88. The molecule has 0 heterocycles. The highest BCUT2D eigenvalue weighted by Gasteiger charge is 2.18. The third-order valence-electron chi connectivity index (χ3n) is 7.82. The van der Waals surface area contributed by atoms with Crippen LogP contribution >= 0.6 is 28.5 Å². The molecule has 2 nitrogen and oxygen atoms in total. The summed E-state index contributed by atoms with van der Waals surface area (Å²) in [6.45, 7) is 4.55. The Balaban J connectivity index is 3.35. The average molecular weight is 631 g/mol. The van der Waals surface area contributed by atoms with Gasteiger partial charge in [-0.2, -0.15) is 0 Å². The second-order valence-corrected chi connectivity index (χ2v) is 19.5. The fourth-order valence-corrected chi connectivity index (χ4v) is 10.7. The molecule has 0 aromatic rings. The van der Waals surface area contributed by atoms with Gasteiger partial charge in [0.2, 0.25) is 0 Å². The highest BCUT2D eigenvalue weighted by atomic mass is 33.1. The summed E-state index contributed by atoms with van der Waals surface area (Å²) in [7, 11) is 0. The predicted octanol–water partition coefficient (Wildman–Crippen LogP) is 14.6. The maximum absolute atomic E-state index is 12.4. The van der Waals surface area contributed by atoms with Crippen molar-refractivity contribution in [2.75, 3.05) is 11.5 Å². The van der Waals surface area contributed by atoms with Gasteiger partial charge in [-0.1, -0.05) is 176 Å². The van der Waals surface area contributed by atoms with Gasteiger partial charge in [-0.05, 0) is 64.2 Å². The van der Waals surface area contributed by atoms with Crippen molar-refractivity contribution < 1.29 is 9.46 Å². The van der Waals surface area contributed by atoms with Crippen LogP contribution in [0.4, 0.5) is 0 Å². The van der Waals surface area contributed by atoms with Crippen LogP contribution in [0.5, 0.6) is 0 Å². The van der Waals surface area contributed by atoms with Crippen LogP contribution in [0.2, 0.25) is 0 Å². The van der Waals surface area contributed by atoms with E-state index in [4.69, 9.17) is 0 Å². The quantitative estimate of drug-likeness (QED) is 0.0436. The van der Waals surface area contributed by atoms with E-state index in [1.54, 1.807) is 0 Å². The summed E-state index contributed by atoms with van der Waals surface area (Å²) < 4.78 is 12.4. The van der Waals surface area contributed by atoms with Crippen LogP contribution in [0.15, 0.2) is 24.3 Å². The van der Waals surface area contributed by atoms with Gasteiger partial charge in [0.15, 0.2) is 0 Å². The molecule has 0 spiro atoms. The molecule has 41 heavy (non-hydrogen) atoms. The van der Waals surface area contributed by atoms with Gasteiger partial charge in [-0.3, -0.25) is 4.57 Å². The van der Waals surface area contributed by atoms with Crippen LogP contribution in [-0.4, -0.2) is 16.4 Å². The number of allylic oxidation sites excluding steroid dienone is 4. The molecule has 0 saturated heterocycles. The van der Waals surface area contributed by atoms with Crippen LogP contribution < -0.4 is 0 Å². The van der Waals surface area contributed by atoms with Crippen molar-refractivity contribution in [2.24, 2.45) is 0 Å². The molecule has 0 aliphatic rings. The van der Waals surface area contributed by atoms with Crippen molar-refractivity contribution in [1.29, 1.82) is 0 Å². The summed E-state index contributed by atoms with van der Waals surface area (Å²) in [5.74, 6) is -1.40. The zero-order valence-electron chi connectivity index (χ0n) is 27.6. The van der Waals surface area contributed by atoms with Crippen molar-refractivity contribution in [2.45, 2.75) is 194 Å². The third-order valence-corrected chi connectivity index (χ3v) is 14.4. The van der Waals surface area contributed by atoms with Crippen LogP contribution in [0.1, 0.15) is 194 Å². The monoisotopic (exact) mass is 630 g/mol. The van der Waals surface area contributed by atoms with E-state index >= 15 is 0 Å². The molecule has 5 heteroatoms. The fourth-order valence-electron chi connectivity index (χ4n) is 5.10. The molecule has 0 unspecified atom stereocenters. The van der Waals surface area contributed by atoms with E-state index in [2.05, 4.69) is 38.2 Å². The lowest BCUT2D eigenvalue weighted by Gasteiger charge is -2.10. The fraction of sp³-hybridized carbons (Fsp3) is 0.889. The Kier molecular flexibility index (Phi) is 35.2. The van der Waals surface area contributed by atoms with Gasteiger partial charge in [0.05, 0.1) is 0 Å². The summed E-state index contributed by atoms with van der Waals surface area (Å²) >= 11 is 2.62. The summed E-state index contributed by atoms with van der Waals surface area (Å²) in [4.78, 5) is 10.2. The molecule has 0 fully saturated rings. The van der Waals surface area contributed by atoms with E-state index in [1.807, 2.05) is 0 Å². The molecule has 0 amide bonds. The zero-order chi connectivity index (χ0) is 30.0. The standard InChI is InChI=1S/C36H71O2PS2/c1-3-5-7-9-11-13-15-17-19-21-23-25-27-29-31-33-35-40-39(37,38)41-36-34-32-30-28-26-24-22-20-18-16-14-12-10-8-6-4-2/h17-20H,3-16,21-36H2,1-2H3,(H,37,38). The van der Waals surface area contributed by atoms with E-state index in [9.17, 15) is 9.46 Å². The van der Waals surface area contributed by atoms with E-state index in [1.165, 1.54) is 190 Å². The largest absolute Gasteiger partial charge is 0.329 e. The summed E-state index contributed by atoms with van der Waals surface area (Å²) in [6, 6.07) is 0. The van der Waals surface area contributed by atoms with Crippen molar-refractivity contribution in [3.8, 4) is 0 Å². The molecule has 1 N–H and O–H groups in total. The van der Waals surface area contributed by atoms with Crippen LogP contribution in [0.25, 0.3) is 0 Å². The first-order valence-electron chi connectivity index (χ1n) is 18.0. The number of hydrogen-bond acceptors (Lipinski definition) is 3. The maximum Gasteiger partial charge on any atom is 0.310 e. The first-order chi connectivity index (χ1) is 20.1. The SMILES string of the molecule is CCCCCCCCC=CCCCCCCCCSP(=O)(O)SCCCCCCCCC=CCCCCCCCC. The molecule has 0 aromatic heterocycles.